The summed E-state index contributed by atoms with van der Waals surface area (Å²) in [6, 6.07) is 8.38. The van der Waals surface area contributed by atoms with Gasteiger partial charge in [0, 0.05) is 31.2 Å². The molecule has 5 nitrogen and oxygen atoms in total. The number of ether oxygens (including phenoxy) is 1. The maximum absolute atomic E-state index is 12.6. The van der Waals surface area contributed by atoms with Gasteiger partial charge in [0.15, 0.2) is 0 Å². The largest absolute Gasteiger partial charge is 0.497 e. The minimum atomic E-state index is 0.0212. The number of benzene rings is 1. The van der Waals surface area contributed by atoms with Gasteiger partial charge in [0.25, 0.3) is 0 Å². The Balaban J connectivity index is 1.58. The van der Waals surface area contributed by atoms with Crippen molar-refractivity contribution in [2.24, 2.45) is 0 Å². The standard InChI is InChI=1S/C19H28N2O3/c1-24-17-7-5-15(6-8-17)19(10-11-19)14-20-18(23)21-12-3-2-4-16(21)9-13-22/h5-8,16,22H,2-4,9-14H2,1H3,(H,20,23)/t16-/m1/s1. The molecule has 0 spiro atoms. The Labute approximate surface area is 144 Å². The molecule has 0 aromatic heterocycles. The Morgan fingerprint density at radius 1 is 1.33 bits per heavy atom. The third-order valence-electron chi connectivity index (χ3n) is 5.48. The smallest absolute Gasteiger partial charge is 0.317 e. The van der Waals surface area contributed by atoms with Crippen LogP contribution in [0.3, 0.4) is 0 Å². The van der Waals surface area contributed by atoms with Gasteiger partial charge in [-0.3, -0.25) is 0 Å². The predicted molar refractivity (Wildman–Crippen MR) is 93.4 cm³/mol. The zero-order valence-corrected chi connectivity index (χ0v) is 14.5. The summed E-state index contributed by atoms with van der Waals surface area (Å²) in [6.07, 6.45) is 6.09. The van der Waals surface area contributed by atoms with E-state index in [1.54, 1.807) is 7.11 Å². The fraction of sp³-hybridized carbons (Fsp3) is 0.632. The molecule has 1 aromatic rings. The Morgan fingerprint density at radius 3 is 2.71 bits per heavy atom. The molecule has 1 aliphatic carbocycles. The molecule has 132 valence electrons. The van der Waals surface area contributed by atoms with Crippen LogP contribution in [0, 0.1) is 0 Å². The number of methoxy groups -OCH3 is 1. The van der Waals surface area contributed by atoms with Crippen LogP contribution in [-0.2, 0) is 5.41 Å². The third kappa shape index (κ3) is 3.66. The second kappa shape index (κ2) is 7.43. The molecule has 1 aromatic carbocycles. The van der Waals surface area contributed by atoms with Crippen molar-refractivity contribution >= 4 is 6.03 Å². The molecule has 2 N–H and O–H groups in total. The Morgan fingerprint density at radius 2 is 2.08 bits per heavy atom. The van der Waals surface area contributed by atoms with Gasteiger partial charge in [0.05, 0.1) is 7.11 Å². The van der Waals surface area contributed by atoms with Gasteiger partial charge in [-0.2, -0.15) is 0 Å². The lowest BCUT2D eigenvalue weighted by Gasteiger charge is -2.36. The molecule has 3 rings (SSSR count). The summed E-state index contributed by atoms with van der Waals surface area (Å²) in [5.74, 6) is 0.860. The summed E-state index contributed by atoms with van der Waals surface area (Å²) in [7, 11) is 1.67. The highest BCUT2D eigenvalue weighted by Crippen LogP contribution is 2.47. The van der Waals surface area contributed by atoms with Crippen LogP contribution in [0.4, 0.5) is 4.79 Å². The number of nitrogens with one attached hydrogen (secondary N) is 1. The zero-order chi connectivity index (χ0) is 17.0. The lowest BCUT2D eigenvalue weighted by atomic mass is 9.95. The quantitative estimate of drug-likeness (QED) is 0.842. The highest BCUT2D eigenvalue weighted by molar-refractivity contribution is 5.75. The summed E-state index contributed by atoms with van der Waals surface area (Å²) < 4.78 is 5.22. The Bertz CT molecular complexity index is 552. The van der Waals surface area contributed by atoms with Crippen LogP contribution in [0.2, 0.25) is 0 Å². The third-order valence-corrected chi connectivity index (χ3v) is 5.48. The molecular weight excluding hydrogens is 304 g/mol. The number of amides is 2. The van der Waals surface area contributed by atoms with Gasteiger partial charge in [0.2, 0.25) is 0 Å². The fourth-order valence-electron chi connectivity index (χ4n) is 3.73. The number of piperidine rings is 1. The fourth-order valence-corrected chi connectivity index (χ4v) is 3.73. The minimum absolute atomic E-state index is 0.0212. The molecule has 0 unspecified atom stereocenters. The van der Waals surface area contributed by atoms with Crippen molar-refractivity contribution in [3.63, 3.8) is 0 Å². The zero-order valence-electron chi connectivity index (χ0n) is 14.5. The molecular formula is C19H28N2O3. The minimum Gasteiger partial charge on any atom is -0.497 e. The van der Waals surface area contributed by atoms with Crippen molar-refractivity contribution < 1.29 is 14.6 Å². The van der Waals surface area contributed by atoms with Crippen LogP contribution >= 0.6 is 0 Å². The molecule has 0 bridgehead atoms. The van der Waals surface area contributed by atoms with E-state index in [1.165, 1.54) is 5.56 Å². The average Bonchev–Trinajstić information content (AvgIpc) is 3.42. The Kier molecular flexibility index (Phi) is 5.29. The van der Waals surface area contributed by atoms with Crippen molar-refractivity contribution in [3.8, 4) is 5.75 Å². The van der Waals surface area contributed by atoms with E-state index in [9.17, 15) is 9.90 Å². The molecule has 1 heterocycles. The number of hydrogen-bond acceptors (Lipinski definition) is 3. The highest BCUT2D eigenvalue weighted by atomic mass is 16.5. The molecule has 1 atom stereocenters. The number of aliphatic hydroxyl groups excluding tert-OH is 1. The first-order valence-electron chi connectivity index (χ1n) is 8.98. The molecule has 2 aliphatic rings. The number of aliphatic hydroxyl groups is 1. The summed E-state index contributed by atoms with van der Waals surface area (Å²) in [5, 5.41) is 12.4. The van der Waals surface area contributed by atoms with Crippen molar-refractivity contribution in [1.29, 1.82) is 0 Å². The molecule has 1 aliphatic heterocycles. The van der Waals surface area contributed by atoms with E-state index in [2.05, 4.69) is 17.4 Å². The van der Waals surface area contributed by atoms with Crippen molar-refractivity contribution in [1.82, 2.24) is 10.2 Å². The van der Waals surface area contributed by atoms with Crippen LogP contribution in [-0.4, -0.2) is 48.9 Å². The van der Waals surface area contributed by atoms with Gasteiger partial charge in [-0.15, -0.1) is 0 Å². The van der Waals surface area contributed by atoms with Gasteiger partial charge >= 0.3 is 6.03 Å². The van der Waals surface area contributed by atoms with Crippen molar-refractivity contribution in [2.45, 2.75) is 50.0 Å². The molecule has 0 radical (unpaired) electrons. The lowest BCUT2D eigenvalue weighted by molar-refractivity contribution is 0.131. The predicted octanol–water partition coefficient (Wildman–Crippen LogP) is 2.67. The summed E-state index contributed by atoms with van der Waals surface area (Å²) in [5.41, 5.74) is 1.36. The monoisotopic (exact) mass is 332 g/mol. The molecule has 5 heteroatoms. The number of likely N-dealkylation sites (tertiary alicyclic amines) is 1. The maximum Gasteiger partial charge on any atom is 0.317 e. The maximum atomic E-state index is 12.6. The van der Waals surface area contributed by atoms with Crippen LogP contribution in [0.15, 0.2) is 24.3 Å². The SMILES string of the molecule is COc1ccc(C2(CNC(=O)N3CCCC[C@@H]3CCO)CC2)cc1. The average molecular weight is 332 g/mol. The molecule has 1 saturated heterocycles. The van der Waals surface area contributed by atoms with Gasteiger partial charge in [-0.25, -0.2) is 4.79 Å². The van der Waals surface area contributed by atoms with Crippen molar-refractivity contribution in [3.05, 3.63) is 29.8 Å². The van der Waals surface area contributed by atoms with Gasteiger partial charge in [-0.05, 0) is 56.2 Å². The number of hydrogen-bond donors (Lipinski definition) is 2. The van der Waals surface area contributed by atoms with E-state index in [4.69, 9.17) is 4.74 Å². The van der Waals surface area contributed by atoms with Crippen LogP contribution in [0.5, 0.6) is 5.75 Å². The van der Waals surface area contributed by atoms with E-state index in [0.29, 0.717) is 13.0 Å². The van der Waals surface area contributed by atoms with E-state index < -0.39 is 0 Å². The number of nitrogens with zero attached hydrogens (tertiary/aromatic N) is 1. The van der Waals surface area contributed by atoms with Crippen LogP contribution in [0.25, 0.3) is 0 Å². The summed E-state index contributed by atoms with van der Waals surface area (Å²) in [6.45, 7) is 1.62. The van der Waals surface area contributed by atoms with E-state index in [0.717, 1.165) is 44.4 Å². The van der Waals surface area contributed by atoms with Gasteiger partial charge < -0.3 is 20.1 Å². The van der Waals surface area contributed by atoms with Crippen LogP contribution < -0.4 is 10.1 Å². The second-order valence-corrected chi connectivity index (χ2v) is 7.02. The van der Waals surface area contributed by atoms with Crippen molar-refractivity contribution in [2.75, 3.05) is 26.8 Å². The van der Waals surface area contributed by atoms with E-state index in [-0.39, 0.29) is 24.1 Å². The molecule has 1 saturated carbocycles. The van der Waals surface area contributed by atoms with E-state index in [1.807, 2.05) is 17.0 Å². The van der Waals surface area contributed by atoms with E-state index >= 15 is 0 Å². The van der Waals surface area contributed by atoms with Crippen LogP contribution in [0.1, 0.15) is 44.1 Å². The molecule has 24 heavy (non-hydrogen) atoms. The highest BCUT2D eigenvalue weighted by Gasteiger charge is 2.44. The van der Waals surface area contributed by atoms with Gasteiger partial charge in [0.1, 0.15) is 5.75 Å². The molecule has 2 fully saturated rings. The number of carbonyl (C=O) groups excluding carboxylic acids is 1. The number of urea groups is 1. The number of rotatable bonds is 6. The summed E-state index contributed by atoms with van der Waals surface area (Å²) in [4.78, 5) is 14.5. The first-order chi connectivity index (χ1) is 11.7. The second-order valence-electron chi connectivity index (χ2n) is 7.02. The topological polar surface area (TPSA) is 61.8 Å². The van der Waals surface area contributed by atoms with Gasteiger partial charge in [-0.1, -0.05) is 12.1 Å². The number of carbonyl (C=O) groups is 1. The first-order valence-corrected chi connectivity index (χ1v) is 8.98. The summed E-state index contributed by atoms with van der Waals surface area (Å²) >= 11 is 0. The Hall–Kier alpha value is -1.75. The first kappa shape index (κ1) is 17.1. The lowest BCUT2D eigenvalue weighted by Crippen LogP contribution is -2.50. The normalized spacial score (nSPS) is 22.1. The molecule has 2 amide bonds.